The topological polar surface area (TPSA) is 63.6 Å². The Bertz CT molecular complexity index is 813. The molecule has 1 atom stereocenters. The Kier molecular flexibility index (Phi) is 5.84. The summed E-state index contributed by atoms with van der Waals surface area (Å²) in [5.74, 6) is 0.691. The van der Waals surface area contributed by atoms with E-state index in [9.17, 15) is 9.59 Å². The zero-order chi connectivity index (χ0) is 19.4. The van der Waals surface area contributed by atoms with Crippen LogP contribution < -0.4 is 10.1 Å². The summed E-state index contributed by atoms with van der Waals surface area (Å²) < 4.78 is 7.69. The van der Waals surface area contributed by atoms with E-state index in [1.807, 2.05) is 56.4 Å². The van der Waals surface area contributed by atoms with Crippen LogP contribution in [-0.2, 0) is 16.1 Å². The molecule has 3 rings (SSSR count). The molecule has 0 bridgehead atoms. The number of carbonyl (C=O) groups excluding carboxylic acids is 2. The number of fused-ring (bicyclic) bond motifs is 1. The van der Waals surface area contributed by atoms with Gasteiger partial charge in [0.2, 0.25) is 11.8 Å². The summed E-state index contributed by atoms with van der Waals surface area (Å²) in [6.45, 7) is 5.90. The van der Waals surface area contributed by atoms with E-state index in [0.717, 1.165) is 17.0 Å². The van der Waals surface area contributed by atoms with Gasteiger partial charge >= 0.3 is 0 Å². The van der Waals surface area contributed by atoms with Gasteiger partial charge in [0.05, 0.1) is 7.11 Å². The number of benzene rings is 1. The van der Waals surface area contributed by atoms with Crippen molar-refractivity contribution in [2.24, 2.45) is 5.92 Å². The van der Waals surface area contributed by atoms with Crippen molar-refractivity contribution in [3.05, 3.63) is 53.9 Å². The largest absolute Gasteiger partial charge is 0.496 e. The van der Waals surface area contributed by atoms with Gasteiger partial charge in [-0.15, -0.1) is 0 Å². The summed E-state index contributed by atoms with van der Waals surface area (Å²) in [5, 5.41) is 2.83. The van der Waals surface area contributed by atoms with Crippen LogP contribution in [-0.4, -0.2) is 41.5 Å². The van der Waals surface area contributed by atoms with E-state index in [0.29, 0.717) is 25.6 Å². The number of amides is 2. The first kappa shape index (κ1) is 19.0. The van der Waals surface area contributed by atoms with Crippen molar-refractivity contribution in [3.8, 4) is 5.75 Å². The summed E-state index contributed by atoms with van der Waals surface area (Å²) in [5.41, 5.74) is 1.96. The van der Waals surface area contributed by atoms with Crippen molar-refractivity contribution >= 4 is 11.8 Å². The molecule has 0 spiro atoms. The molecule has 2 amide bonds. The molecule has 0 fully saturated rings. The van der Waals surface area contributed by atoms with Crippen LogP contribution in [0.2, 0.25) is 0 Å². The van der Waals surface area contributed by atoms with Crippen molar-refractivity contribution < 1.29 is 14.3 Å². The maximum atomic E-state index is 13.0. The lowest BCUT2D eigenvalue weighted by atomic mass is 9.98. The lowest BCUT2D eigenvalue weighted by Crippen LogP contribution is -2.44. The van der Waals surface area contributed by atoms with Crippen LogP contribution in [0.5, 0.6) is 5.75 Å². The number of para-hydroxylation sites is 1. The quantitative estimate of drug-likeness (QED) is 0.796. The minimum atomic E-state index is -0.268. The maximum absolute atomic E-state index is 13.0. The number of hydrogen-bond acceptors (Lipinski definition) is 3. The Morgan fingerprint density at radius 2 is 1.96 bits per heavy atom. The van der Waals surface area contributed by atoms with Crippen molar-refractivity contribution in [3.63, 3.8) is 0 Å². The van der Waals surface area contributed by atoms with Gasteiger partial charge in [0, 0.05) is 37.1 Å². The fourth-order valence-corrected chi connectivity index (χ4v) is 3.49. The lowest BCUT2D eigenvalue weighted by Gasteiger charge is -2.37. The molecule has 0 saturated carbocycles. The number of hydrogen-bond donors (Lipinski definition) is 1. The monoisotopic (exact) mass is 369 g/mol. The fourth-order valence-electron chi connectivity index (χ4n) is 3.49. The second-order valence-electron chi connectivity index (χ2n) is 7.23. The zero-order valence-corrected chi connectivity index (χ0v) is 16.1. The van der Waals surface area contributed by atoms with Gasteiger partial charge in [-0.05, 0) is 24.1 Å². The fraction of sp³-hybridized carbons (Fsp3) is 0.429. The molecular weight excluding hydrogens is 342 g/mol. The first-order valence-electron chi connectivity index (χ1n) is 9.35. The Hall–Kier alpha value is -2.76. The molecule has 1 aliphatic heterocycles. The van der Waals surface area contributed by atoms with E-state index < -0.39 is 0 Å². The molecule has 1 aromatic carbocycles. The number of nitrogens with one attached hydrogen (secondary N) is 1. The summed E-state index contributed by atoms with van der Waals surface area (Å²) in [6, 6.07) is 11.5. The number of carbonyl (C=O) groups is 2. The van der Waals surface area contributed by atoms with Crippen molar-refractivity contribution in [1.82, 2.24) is 14.8 Å². The average Bonchev–Trinajstić information content (AvgIpc) is 3.14. The standard InChI is InChI=1S/C21H27N3O3/c1-15(2)14-22-19(25)13-20(26)24-12-11-23-10-6-8-17(23)21(24)16-7-4-5-9-18(16)27-3/h4-10,15,21H,11-14H2,1-3H3,(H,22,25). The molecule has 2 heterocycles. The summed E-state index contributed by atoms with van der Waals surface area (Å²) in [4.78, 5) is 27.0. The highest BCUT2D eigenvalue weighted by molar-refractivity contribution is 5.97. The molecule has 0 saturated heterocycles. The molecule has 27 heavy (non-hydrogen) atoms. The lowest BCUT2D eigenvalue weighted by molar-refractivity contribution is -0.138. The number of nitrogens with zero attached hydrogens (tertiary/aromatic N) is 2. The van der Waals surface area contributed by atoms with Gasteiger partial charge < -0.3 is 19.5 Å². The predicted molar refractivity (Wildman–Crippen MR) is 103 cm³/mol. The van der Waals surface area contributed by atoms with Gasteiger partial charge in [-0.25, -0.2) is 0 Å². The second kappa shape index (κ2) is 8.29. The van der Waals surface area contributed by atoms with E-state index in [1.54, 1.807) is 12.0 Å². The SMILES string of the molecule is COc1ccccc1C1c2cccn2CCN1C(=O)CC(=O)NCC(C)C. The van der Waals surface area contributed by atoms with Crippen LogP contribution >= 0.6 is 0 Å². The van der Waals surface area contributed by atoms with Gasteiger partial charge in [0.15, 0.2) is 0 Å². The predicted octanol–water partition coefficient (Wildman–Crippen LogP) is 2.59. The third-order valence-electron chi connectivity index (χ3n) is 4.81. The molecule has 2 aromatic rings. The Balaban J connectivity index is 1.87. The van der Waals surface area contributed by atoms with Crippen LogP contribution in [0.3, 0.4) is 0 Å². The first-order chi connectivity index (χ1) is 13.0. The van der Waals surface area contributed by atoms with Gasteiger partial charge in [-0.2, -0.15) is 0 Å². The maximum Gasteiger partial charge on any atom is 0.232 e. The minimum absolute atomic E-state index is 0.140. The normalized spacial score (nSPS) is 16.1. The van der Waals surface area contributed by atoms with Gasteiger partial charge in [-0.1, -0.05) is 32.0 Å². The van der Waals surface area contributed by atoms with E-state index in [-0.39, 0.29) is 24.3 Å². The number of aromatic nitrogens is 1. The van der Waals surface area contributed by atoms with Crippen LogP contribution in [0.4, 0.5) is 0 Å². The smallest absolute Gasteiger partial charge is 0.232 e. The molecule has 1 N–H and O–H groups in total. The van der Waals surface area contributed by atoms with E-state index >= 15 is 0 Å². The molecular formula is C21H27N3O3. The van der Waals surface area contributed by atoms with Crippen molar-refractivity contribution in [1.29, 1.82) is 0 Å². The summed E-state index contributed by atoms with van der Waals surface area (Å²) >= 11 is 0. The number of rotatable bonds is 6. The molecule has 6 nitrogen and oxygen atoms in total. The van der Waals surface area contributed by atoms with E-state index in [4.69, 9.17) is 4.74 Å². The third-order valence-corrected chi connectivity index (χ3v) is 4.81. The molecule has 1 aromatic heterocycles. The highest BCUT2D eigenvalue weighted by atomic mass is 16.5. The van der Waals surface area contributed by atoms with E-state index in [1.165, 1.54) is 0 Å². The highest BCUT2D eigenvalue weighted by Crippen LogP contribution is 2.37. The molecule has 0 radical (unpaired) electrons. The Morgan fingerprint density at radius 3 is 2.70 bits per heavy atom. The Labute approximate surface area is 160 Å². The summed E-state index contributed by atoms with van der Waals surface area (Å²) in [6.07, 6.45) is 1.88. The van der Waals surface area contributed by atoms with Crippen LogP contribution in [0.25, 0.3) is 0 Å². The van der Waals surface area contributed by atoms with Gasteiger partial charge in [0.25, 0.3) is 0 Å². The third kappa shape index (κ3) is 4.15. The van der Waals surface area contributed by atoms with Gasteiger partial charge in [-0.3, -0.25) is 9.59 Å². The molecule has 6 heteroatoms. The van der Waals surface area contributed by atoms with Crippen LogP contribution in [0.15, 0.2) is 42.6 Å². The zero-order valence-electron chi connectivity index (χ0n) is 16.1. The molecule has 0 aliphatic carbocycles. The first-order valence-corrected chi connectivity index (χ1v) is 9.35. The highest BCUT2D eigenvalue weighted by Gasteiger charge is 2.34. The Morgan fingerprint density at radius 1 is 1.19 bits per heavy atom. The second-order valence-corrected chi connectivity index (χ2v) is 7.23. The van der Waals surface area contributed by atoms with Crippen molar-refractivity contribution in [2.75, 3.05) is 20.2 Å². The van der Waals surface area contributed by atoms with Crippen LogP contribution in [0.1, 0.15) is 37.6 Å². The number of ether oxygens (including phenoxy) is 1. The van der Waals surface area contributed by atoms with E-state index in [2.05, 4.69) is 9.88 Å². The molecule has 144 valence electrons. The van der Waals surface area contributed by atoms with Crippen LogP contribution in [0, 0.1) is 5.92 Å². The van der Waals surface area contributed by atoms with Crippen molar-refractivity contribution in [2.45, 2.75) is 32.9 Å². The minimum Gasteiger partial charge on any atom is -0.496 e. The molecule has 1 aliphatic rings. The number of methoxy groups -OCH3 is 1. The molecule has 1 unspecified atom stereocenters. The summed E-state index contributed by atoms with van der Waals surface area (Å²) in [7, 11) is 1.63. The van der Waals surface area contributed by atoms with Gasteiger partial charge in [0.1, 0.15) is 18.2 Å². The average molecular weight is 369 g/mol.